The Kier molecular flexibility index (Phi) is 6.14. The van der Waals surface area contributed by atoms with E-state index in [4.69, 9.17) is 16.1 Å². The normalized spacial score (nSPS) is 22.8. The Balaban J connectivity index is 1.28. The van der Waals surface area contributed by atoms with Crippen LogP contribution in [0.4, 0.5) is 14.6 Å². The average Bonchev–Trinajstić information content (AvgIpc) is 3.69. The number of aromatic hydroxyl groups is 1. The number of fused-ring (bicyclic) bond motifs is 5. The number of hydrogen-bond donors (Lipinski definition) is 2. The molecule has 11 heteroatoms. The van der Waals surface area contributed by atoms with Crippen molar-refractivity contribution in [3.05, 3.63) is 41.5 Å². The maximum Gasteiger partial charge on any atom is 0.319 e. The molecule has 2 aromatic carbocycles. The number of rotatable bonds is 5. The summed E-state index contributed by atoms with van der Waals surface area (Å²) in [5.41, 5.74) is 0.0339. The van der Waals surface area contributed by atoms with Gasteiger partial charge in [0.1, 0.15) is 29.4 Å². The lowest BCUT2D eigenvalue weighted by atomic mass is 9.95. The number of benzene rings is 2. The van der Waals surface area contributed by atoms with E-state index in [1.807, 2.05) is 0 Å². The summed E-state index contributed by atoms with van der Waals surface area (Å²) in [6.45, 7) is 3.95. The summed E-state index contributed by atoms with van der Waals surface area (Å²) in [6.07, 6.45) is 12.2. The van der Waals surface area contributed by atoms with Crippen molar-refractivity contribution < 1.29 is 18.6 Å². The molecule has 0 aliphatic carbocycles. The first-order chi connectivity index (χ1) is 20.9. The Labute approximate surface area is 247 Å². The molecule has 0 spiro atoms. The molecule has 4 saturated heterocycles. The van der Waals surface area contributed by atoms with Crippen LogP contribution in [-0.2, 0) is 0 Å². The summed E-state index contributed by atoms with van der Waals surface area (Å²) in [4.78, 5) is 14.0. The minimum atomic E-state index is -0.766. The molecule has 0 radical (unpaired) electrons. The van der Waals surface area contributed by atoms with E-state index >= 15 is 4.39 Å². The van der Waals surface area contributed by atoms with Crippen LogP contribution in [0.3, 0.4) is 0 Å². The third kappa shape index (κ3) is 4.26. The van der Waals surface area contributed by atoms with Gasteiger partial charge in [-0.1, -0.05) is 12.0 Å². The zero-order valence-corrected chi connectivity index (χ0v) is 23.6. The van der Waals surface area contributed by atoms with Crippen molar-refractivity contribution in [2.75, 3.05) is 37.7 Å². The second-order valence-corrected chi connectivity index (χ2v) is 12.3. The smallest absolute Gasteiger partial charge is 0.319 e. The summed E-state index contributed by atoms with van der Waals surface area (Å²) in [5, 5.41) is 23.5. The molecule has 2 N–H and O–H groups in total. The molecular weight excluding hydrogens is 552 g/mol. The van der Waals surface area contributed by atoms with Crippen LogP contribution in [0.1, 0.15) is 44.1 Å². The zero-order chi connectivity index (χ0) is 29.3. The number of hydrogen-bond acceptors (Lipinski definition) is 9. The molecular formula is C32H31F2N7O2. The fourth-order valence-corrected chi connectivity index (χ4v) is 7.76. The summed E-state index contributed by atoms with van der Waals surface area (Å²) in [7, 11) is 0. The first-order valence-electron chi connectivity index (χ1n) is 15.0. The van der Waals surface area contributed by atoms with Crippen molar-refractivity contribution in [1.82, 2.24) is 30.4 Å². The number of anilines is 1. The van der Waals surface area contributed by atoms with E-state index in [0.29, 0.717) is 43.0 Å². The van der Waals surface area contributed by atoms with Gasteiger partial charge < -0.3 is 20.1 Å². The lowest BCUT2D eigenvalue weighted by Gasteiger charge is -2.34. The van der Waals surface area contributed by atoms with E-state index in [-0.39, 0.29) is 50.5 Å². The van der Waals surface area contributed by atoms with Crippen molar-refractivity contribution in [2.24, 2.45) is 0 Å². The Morgan fingerprint density at radius 2 is 1.81 bits per heavy atom. The Morgan fingerprint density at radius 3 is 2.56 bits per heavy atom. The third-order valence-electron chi connectivity index (χ3n) is 9.76. The summed E-state index contributed by atoms with van der Waals surface area (Å²) >= 11 is 0. The Hall–Kier alpha value is -4.14. The van der Waals surface area contributed by atoms with Crippen molar-refractivity contribution in [1.29, 1.82) is 0 Å². The number of nitrogens with zero attached hydrogens (tertiary/aromatic N) is 6. The SMILES string of the molecule is C#Cc1c(F)ccc2cc(O)cc(-c3nnc4c(N5CC6CCC(C5)N6)nc(OCC56CCCN5CCC6)nc4c3F)c12. The van der Waals surface area contributed by atoms with Gasteiger partial charge in [0.25, 0.3) is 0 Å². The molecule has 220 valence electrons. The van der Waals surface area contributed by atoms with Gasteiger partial charge in [0.05, 0.1) is 11.1 Å². The lowest BCUT2D eigenvalue weighted by molar-refractivity contribution is 0.108. The van der Waals surface area contributed by atoms with Gasteiger partial charge in [0.15, 0.2) is 17.2 Å². The number of phenolic OH excluding ortho intramolecular Hbond substituents is 1. The van der Waals surface area contributed by atoms with E-state index in [2.05, 4.69) is 36.2 Å². The van der Waals surface area contributed by atoms with E-state index in [9.17, 15) is 9.50 Å². The van der Waals surface area contributed by atoms with Gasteiger partial charge in [-0.2, -0.15) is 9.97 Å². The van der Waals surface area contributed by atoms with Crippen LogP contribution < -0.4 is 15.0 Å². The van der Waals surface area contributed by atoms with Gasteiger partial charge in [0.2, 0.25) is 0 Å². The van der Waals surface area contributed by atoms with Gasteiger partial charge in [-0.05, 0) is 75.2 Å². The van der Waals surface area contributed by atoms with Crippen LogP contribution in [0.15, 0.2) is 24.3 Å². The predicted molar refractivity (Wildman–Crippen MR) is 158 cm³/mol. The highest BCUT2D eigenvalue weighted by atomic mass is 19.1. The minimum Gasteiger partial charge on any atom is -0.508 e. The first kappa shape index (κ1) is 26.5. The van der Waals surface area contributed by atoms with Crippen molar-refractivity contribution in [3.8, 4) is 35.4 Å². The number of piperazine rings is 1. The summed E-state index contributed by atoms with van der Waals surface area (Å²) < 4.78 is 37.8. The van der Waals surface area contributed by atoms with Gasteiger partial charge in [-0.3, -0.25) is 4.90 Å². The number of aromatic nitrogens is 4. The van der Waals surface area contributed by atoms with Crippen LogP contribution in [-0.4, -0.2) is 80.6 Å². The van der Waals surface area contributed by atoms with Gasteiger partial charge in [0, 0.05) is 36.1 Å². The lowest BCUT2D eigenvalue weighted by Crippen LogP contribution is -2.51. The van der Waals surface area contributed by atoms with Crippen LogP contribution >= 0.6 is 0 Å². The standard InChI is InChI=1S/C32H31F2N7O2/c1-2-22-24(33)8-5-18-13-21(42)14-23(25(18)22)27-26(34)28-29(39-38-27)30(40-15-19-6-7-20(16-40)35-19)37-31(36-28)43-17-32-9-3-11-41(32)12-4-10-32/h1,5,8,13-14,19-20,35,42H,3-4,6-7,9-12,15-17H2. The highest BCUT2D eigenvalue weighted by molar-refractivity contribution is 6.02. The number of ether oxygens (including phenoxy) is 1. The van der Waals surface area contributed by atoms with Crippen LogP contribution in [0.2, 0.25) is 0 Å². The van der Waals surface area contributed by atoms with E-state index in [1.54, 1.807) is 0 Å². The molecule has 4 aromatic rings. The number of halogens is 2. The molecule has 2 bridgehead atoms. The number of phenols is 1. The van der Waals surface area contributed by atoms with Gasteiger partial charge in [-0.15, -0.1) is 16.6 Å². The largest absolute Gasteiger partial charge is 0.508 e. The number of terminal acetylenes is 1. The average molecular weight is 584 g/mol. The quantitative estimate of drug-likeness (QED) is 0.336. The van der Waals surface area contributed by atoms with Crippen LogP contribution in [0, 0.1) is 24.0 Å². The highest BCUT2D eigenvalue weighted by Crippen LogP contribution is 2.41. The van der Waals surface area contributed by atoms with E-state index < -0.39 is 11.6 Å². The molecule has 2 aromatic heterocycles. The Morgan fingerprint density at radius 1 is 1.05 bits per heavy atom. The summed E-state index contributed by atoms with van der Waals surface area (Å²) in [5.74, 6) is 1.32. The van der Waals surface area contributed by atoms with Crippen molar-refractivity contribution >= 4 is 27.6 Å². The topological polar surface area (TPSA) is 99.5 Å². The monoisotopic (exact) mass is 583 g/mol. The van der Waals surface area contributed by atoms with Gasteiger partial charge >= 0.3 is 6.01 Å². The predicted octanol–water partition coefficient (Wildman–Crippen LogP) is 4.15. The Bertz CT molecular complexity index is 1800. The molecule has 4 aliphatic heterocycles. The molecule has 4 fully saturated rings. The molecule has 2 unspecified atom stereocenters. The molecule has 0 saturated carbocycles. The van der Waals surface area contributed by atoms with Crippen LogP contribution in [0.25, 0.3) is 33.1 Å². The molecule has 0 amide bonds. The molecule has 43 heavy (non-hydrogen) atoms. The highest BCUT2D eigenvalue weighted by Gasteiger charge is 2.45. The number of nitrogens with one attached hydrogen (secondary N) is 1. The molecule has 9 nitrogen and oxygen atoms in total. The van der Waals surface area contributed by atoms with E-state index in [0.717, 1.165) is 51.6 Å². The fourth-order valence-electron chi connectivity index (χ4n) is 7.76. The van der Waals surface area contributed by atoms with Gasteiger partial charge in [-0.25, -0.2) is 8.78 Å². The fraction of sp³-hybridized carbons (Fsp3) is 0.438. The maximum absolute atomic E-state index is 16.7. The minimum absolute atomic E-state index is 0.0387. The molecule has 2 atom stereocenters. The molecule has 8 rings (SSSR count). The first-order valence-corrected chi connectivity index (χ1v) is 15.0. The third-order valence-corrected chi connectivity index (χ3v) is 9.76. The zero-order valence-electron chi connectivity index (χ0n) is 23.6. The maximum atomic E-state index is 16.7. The second kappa shape index (κ2) is 9.96. The van der Waals surface area contributed by atoms with Crippen molar-refractivity contribution in [3.63, 3.8) is 0 Å². The van der Waals surface area contributed by atoms with E-state index in [1.165, 1.54) is 24.3 Å². The van der Waals surface area contributed by atoms with Crippen molar-refractivity contribution in [2.45, 2.75) is 56.1 Å². The second-order valence-electron chi connectivity index (χ2n) is 12.3. The molecule has 4 aliphatic rings. The summed E-state index contributed by atoms with van der Waals surface area (Å²) in [6, 6.07) is 6.20. The van der Waals surface area contributed by atoms with Crippen LogP contribution in [0.5, 0.6) is 11.8 Å². The molecule has 6 heterocycles.